The third-order valence-corrected chi connectivity index (χ3v) is 8.50. The Balaban J connectivity index is 1.43. The van der Waals surface area contributed by atoms with Gasteiger partial charge in [0.05, 0.1) is 18.5 Å². The smallest absolute Gasteiger partial charge is 0.434 e. The molecule has 2 fully saturated rings. The van der Waals surface area contributed by atoms with Gasteiger partial charge < -0.3 is 20.5 Å². The summed E-state index contributed by atoms with van der Waals surface area (Å²) in [6.07, 6.45) is 4.57. The lowest BCUT2D eigenvalue weighted by Gasteiger charge is -2.45. The number of benzene rings is 1. The molecule has 3 aliphatic rings. The molecule has 4 atom stereocenters. The number of nitrogens with zero attached hydrogens (tertiary/aromatic N) is 3. The van der Waals surface area contributed by atoms with Crippen molar-refractivity contribution in [2.24, 2.45) is 16.8 Å². The maximum absolute atomic E-state index is 13.7. The number of hydrogen-bond acceptors (Lipinski definition) is 5. The lowest BCUT2D eigenvalue weighted by Crippen LogP contribution is -2.63. The van der Waals surface area contributed by atoms with Crippen LogP contribution in [0, 0.1) is 11.8 Å². The van der Waals surface area contributed by atoms with Gasteiger partial charge in [-0.05, 0) is 56.7 Å². The standard InChI is InChI=1S/C30H37N5O5/c1-5-30(6-2)16-24(36)35(27(34-30)33-28(38)39)25(18-10-9-13-31-17-18)20-14-21(20)26(37)32-22-15-29(3,4)40-23-12-8-7-11-19(22)23/h7-13,17,20-22,25H,5-6,14-16H2,1-4H3,(H,32,37)(H,33,34)(H,38,39)/t20-,21-,22-,25+/m0/s1. The Hall–Kier alpha value is -3.95. The number of guanidine groups is 1. The minimum Gasteiger partial charge on any atom is -0.487 e. The molecule has 10 nitrogen and oxygen atoms in total. The van der Waals surface area contributed by atoms with Crippen LogP contribution in [0.5, 0.6) is 5.75 Å². The average molecular weight is 548 g/mol. The minimum atomic E-state index is -1.39. The highest BCUT2D eigenvalue weighted by Crippen LogP contribution is 2.52. The number of pyridine rings is 1. The van der Waals surface area contributed by atoms with Gasteiger partial charge in [0.25, 0.3) is 0 Å². The van der Waals surface area contributed by atoms with E-state index in [0.29, 0.717) is 25.7 Å². The number of ether oxygens (including phenoxy) is 1. The lowest BCUT2D eigenvalue weighted by atomic mass is 9.85. The highest BCUT2D eigenvalue weighted by Gasteiger charge is 2.54. The normalized spacial score (nSPS) is 26.2. The molecule has 2 aliphatic heterocycles. The number of rotatable bonds is 7. The first kappa shape index (κ1) is 27.6. The fourth-order valence-corrected chi connectivity index (χ4v) is 6.18. The molecule has 1 aromatic carbocycles. The second kappa shape index (κ2) is 10.6. The number of carbonyl (C=O) groups is 3. The Bertz CT molecular complexity index is 1320. The molecule has 1 saturated heterocycles. The summed E-state index contributed by atoms with van der Waals surface area (Å²) in [6.45, 7) is 7.94. The first-order valence-electron chi connectivity index (χ1n) is 14.0. The Morgan fingerprint density at radius 3 is 2.65 bits per heavy atom. The van der Waals surface area contributed by atoms with Crippen LogP contribution < -0.4 is 15.4 Å². The molecule has 3 amide bonds. The van der Waals surface area contributed by atoms with Gasteiger partial charge in [-0.1, -0.05) is 38.1 Å². The average Bonchev–Trinajstić information content (AvgIpc) is 3.70. The van der Waals surface area contributed by atoms with E-state index < -0.39 is 23.3 Å². The summed E-state index contributed by atoms with van der Waals surface area (Å²) in [5, 5.41) is 16.1. The Morgan fingerprint density at radius 2 is 1.98 bits per heavy atom. The number of aromatic nitrogens is 1. The van der Waals surface area contributed by atoms with Crippen molar-refractivity contribution in [3.63, 3.8) is 0 Å². The van der Waals surface area contributed by atoms with Crippen LogP contribution in [0.2, 0.25) is 0 Å². The fourth-order valence-electron chi connectivity index (χ4n) is 6.18. The van der Waals surface area contributed by atoms with Crippen LogP contribution in [0.15, 0.2) is 53.8 Å². The van der Waals surface area contributed by atoms with Crippen molar-refractivity contribution < 1.29 is 24.2 Å². The zero-order valence-electron chi connectivity index (χ0n) is 23.4. The van der Waals surface area contributed by atoms with Gasteiger partial charge in [-0.15, -0.1) is 4.99 Å². The van der Waals surface area contributed by atoms with E-state index in [1.165, 1.54) is 4.90 Å². The van der Waals surface area contributed by atoms with Gasteiger partial charge in [0, 0.05) is 35.8 Å². The summed E-state index contributed by atoms with van der Waals surface area (Å²) < 4.78 is 6.12. The van der Waals surface area contributed by atoms with Crippen molar-refractivity contribution in [2.45, 2.75) is 83.0 Å². The van der Waals surface area contributed by atoms with Crippen LogP contribution >= 0.6 is 0 Å². The van der Waals surface area contributed by atoms with Crippen LogP contribution in [-0.2, 0) is 9.59 Å². The fraction of sp³-hybridized carbons (Fsp3) is 0.500. The number of carboxylic acid groups (broad SMARTS) is 1. The largest absolute Gasteiger partial charge is 0.487 e. The van der Waals surface area contributed by atoms with E-state index in [1.807, 2.05) is 58.0 Å². The number of fused-ring (bicyclic) bond motifs is 1. The third kappa shape index (κ3) is 5.39. The topological polar surface area (TPSA) is 133 Å². The van der Waals surface area contributed by atoms with Crippen LogP contribution in [-0.4, -0.2) is 50.0 Å². The maximum atomic E-state index is 13.7. The van der Waals surface area contributed by atoms with Gasteiger partial charge in [0.2, 0.25) is 17.8 Å². The first-order chi connectivity index (χ1) is 19.1. The number of nitrogens with one attached hydrogen (secondary N) is 2. The second-order valence-electron chi connectivity index (χ2n) is 11.7. The van der Waals surface area contributed by atoms with Gasteiger partial charge in [-0.2, -0.15) is 0 Å². The molecule has 2 aromatic rings. The van der Waals surface area contributed by atoms with E-state index in [2.05, 4.69) is 20.6 Å². The highest BCUT2D eigenvalue weighted by atomic mass is 16.5. The van der Waals surface area contributed by atoms with E-state index in [9.17, 15) is 19.5 Å². The summed E-state index contributed by atoms with van der Waals surface area (Å²) in [7, 11) is 0. The van der Waals surface area contributed by atoms with E-state index in [4.69, 9.17) is 4.74 Å². The van der Waals surface area contributed by atoms with Gasteiger partial charge in [0.15, 0.2) is 0 Å². The maximum Gasteiger partial charge on any atom is 0.434 e. The molecule has 1 aliphatic carbocycles. The van der Waals surface area contributed by atoms with Gasteiger partial charge in [-0.3, -0.25) is 19.5 Å². The van der Waals surface area contributed by atoms with Crippen LogP contribution in [0.1, 0.15) is 83.0 Å². The molecule has 1 aromatic heterocycles. The van der Waals surface area contributed by atoms with Crippen molar-refractivity contribution in [2.75, 3.05) is 0 Å². The number of aliphatic imine (C=N–C) groups is 1. The summed E-state index contributed by atoms with van der Waals surface area (Å²) in [5.74, 6) is -0.129. The summed E-state index contributed by atoms with van der Waals surface area (Å²) in [4.78, 5) is 48.7. The molecule has 3 heterocycles. The third-order valence-electron chi connectivity index (χ3n) is 8.50. The summed E-state index contributed by atoms with van der Waals surface area (Å²) in [6, 6.07) is 10.6. The van der Waals surface area contributed by atoms with Crippen LogP contribution in [0.4, 0.5) is 4.79 Å². The molecule has 10 heteroatoms. The van der Waals surface area contributed by atoms with E-state index in [0.717, 1.165) is 16.9 Å². The van der Waals surface area contributed by atoms with Crippen molar-refractivity contribution >= 4 is 23.9 Å². The van der Waals surface area contributed by atoms with E-state index >= 15 is 0 Å². The molecule has 40 heavy (non-hydrogen) atoms. The number of para-hydroxylation sites is 1. The predicted molar refractivity (Wildman–Crippen MR) is 149 cm³/mol. The second-order valence-corrected chi connectivity index (χ2v) is 11.7. The molecule has 212 valence electrons. The number of carbonyl (C=O) groups excluding carboxylic acids is 2. The molecule has 0 unspecified atom stereocenters. The Morgan fingerprint density at radius 1 is 1.23 bits per heavy atom. The van der Waals surface area contributed by atoms with Crippen LogP contribution in [0.25, 0.3) is 0 Å². The van der Waals surface area contributed by atoms with Gasteiger partial charge in [-0.25, -0.2) is 4.79 Å². The Labute approximate surface area is 234 Å². The van der Waals surface area contributed by atoms with Crippen molar-refractivity contribution in [3.8, 4) is 5.75 Å². The molecule has 3 N–H and O–H groups in total. The van der Waals surface area contributed by atoms with Gasteiger partial charge in [0.1, 0.15) is 11.4 Å². The van der Waals surface area contributed by atoms with Crippen molar-refractivity contribution in [3.05, 3.63) is 59.9 Å². The zero-order chi connectivity index (χ0) is 28.7. The summed E-state index contributed by atoms with van der Waals surface area (Å²) >= 11 is 0. The van der Waals surface area contributed by atoms with Gasteiger partial charge >= 0.3 is 6.09 Å². The Kier molecular flexibility index (Phi) is 7.29. The first-order valence-corrected chi connectivity index (χ1v) is 14.0. The molecule has 0 radical (unpaired) electrons. The predicted octanol–water partition coefficient (Wildman–Crippen LogP) is 4.59. The monoisotopic (exact) mass is 547 g/mol. The van der Waals surface area contributed by atoms with E-state index in [1.54, 1.807) is 18.5 Å². The van der Waals surface area contributed by atoms with Crippen molar-refractivity contribution in [1.82, 2.24) is 20.5 Å². The SMILES string of the molecule is CCC1(CC)CC(=O)N([C@H](c2cccnc2)[C@H]2C[C@@H]2C(=O)N[C@H]2CC(C)(C)Oc3ccccc32)C(=NC(=O)O)N1. The summed E-state index contributed by atoms with van der Waals surface area (Å²) in [5.41, 5.74) is 0.657. The molecule has 5 rings (SSSR count). The lowest BCUT2D eigenvalue weighted by molar-refractivity contribution is -0.133. The molecule has 0 bridgehead atoms. The molecule has 1 saturated carbocycles. The quantitative estimate of drug-likeness (QED) is 0.462. The van der Waals surface area contributed by atoms with E-state index in [-0.39, 0.29) is 42.1 Å². The minimum absolute atomic E-state index is 0.00691. The highest BCUT2D eigenvalue weighted by molar-refractivity contribution is 6.04. The van der Waals surface area contributed by atoms with Crippen LogP contribution in [0.3, 0.4) is 0 Å². The molecular weight excluding hydrogens is 510 g/mol. The van der Waals surface area contributed by atoms with Crippen molar-refractivity contribution in [1.29, 1.82) is 0 Å². The number of hydrogen-bond donors (Lipinski definition) is 3. The molecule has 0 spiro atoms. The number of amides is 3. The molecular formula is C30H37N5O5. The zero-order valence-corrected chi connectivity index (χ0v) is 23.4.